The van der Waals surface area contributed by atoms with Crippen LogP contribution in [0.25, 0.3) is 0 Å². The Morgan fingerprint density at radius 1 is 1.35 bits per heavy atom. The number of methoxy groups -OCH3 is 1. The van der Waals surface area contributed by atoms with Gasteiger partial charge in [0, 0.05) is 6.07 Å². The number of hydrogen-bond acceptors (Lipinski definition) is 6. The predicted octanol–water partition coefficient (Wildman–Crippen LogP) is 2.11. The maximum absolute atomic E-state index is 11.5. The summed E-state index contributed by atoms with van der Waals surface area (Å²) in [5, 5.41) is 8.70. The molecule has 0 aliphatic rings. The van der Waals surface area contributed by atoms with Gasteiger partial charge in [0.15, 0.2) is 0 Å². The highest BCUT2D eigenvalue weighted by Crippen LogP contribution is 2.23. The van der Waals surface area contributed by atoms with Gasteiger partial charge < -0.3 is 15.2 Å². The van der Waals surface area contributed by atoms with E-state index in [1.54, 1.807) is 24.3 Å². The van der Waals surface area contributed by atoms with Crippen LogP contribution < -0.4 is 10.5 Å². The molecule has 0 saturated heterocycles. The number of anilines is 1. The standard InChI is InChI=1S/C14H11N3O3/c1-19-14(18)11-6-13(17-8-12(11)16)20-10-4-2-9(7-15)3-5-10/h2-6,8H,16H2,1H3. The molecule has 100 valence electrons. The van der Waals surface area contributed by atoms with Gasteiger partial charge in [0.2, 0.25) is 5.88 Å². The van der Waals surface area contributed by atoms with E-state index in [1.165, 1.54) is 19.4 Å². The summed E-state index contributed by atoms with van der Waals surface area (Å²) in [5.41, 5.74) is 6.57. The third kappa shape index (κ3) is 2.84. The molecule has 1 heterocycles. The lowest BCUT2D eigenvalue weighted by Crippen LogP contribution is -2.06. The number of ether oxygens (including phenoxy) is 2. The van der Waals surface area contributed by atoms with Crippen LogP contribution >= 0.6 is 0 Å². The highest BCUT2D eigenvalue weighted by Gasteiger charge is 2.12. The number of esters is 1. The third-order valence-corrected chi connectivity index (χ3v) is 2.52. The minimum absolute atomic E-state index is 0.186. The molecule has 2 rings (SSSR count). The smallest absolute Gasteiger partial charge is 0.340 e. The maximum Gasteiger partial charge on any atom is 0.340 e. The number of nitrogen functional groups attached to an aromatic ring is 1. The van der Waals surface area contributed by atoms with Gasteiger partial charge in [-0.2, -0.15) is 5.26 Å². The van der Waals surface area contributed by atoms with E-state index in [0.29, 0.717) is 11.3 Å². The van der Waals surface area contributed by atoms with Crippen molar-refractivity contribution in [1.29, 1.82) is 5.26 Å². The minimum Gasteiger partial charge on any atom is -0.465 e. The highest BCUT2D eigenvalue weighted by molar-refractivity contribution is 5.95. The molecule has 6 nitrogen and oxygen atoms in total. The fourth-order valence-electron chi connectivity index (χ4n) is 1.51. The molecule has 0 bridgehead atoms. The van der Waals surface area contributed by atoms with Crippen LogP contribution in [0.5, 0.6) is 11.6 Å². The second-order valence-electron chi connectivity index (χ2n) is 3.84. The molecule has 0 radical (unpaired) electrons. The Morgan fingerprint density at radius 2 is 2.05 bits per heavy atom. The van der Waals surface area contributed by atoms with Crippen molar-refractivity contribution in [3.05, 3.63) is 47.7 Å². The Kier molecular flexibility index (Phi) is 3.82. The Bertz CT molecular complexity index is 675. The quantitative estimate of drug-likeness (QED) is 0.857. The van der Waals surface area contributed by atoms with Crippen LogP contribution in [0.1, 0.15) is 15.9 Å². The second-order valence-corrected chi connectivity index (χ2v) is 3.84. The number of nitrogens with two attached hydrogens (primary N) is 1. The molecule has 2 N–H and O–H groups in total. The summed E-state index contributed by atoms with van der Waals surface area (Å²) in [4.78, 5) is 15.5. The first kappa shape index (κ1) is 13.4. The zero-order valence-corrected chi connectivity index (χ0v) is 10.7. The van der Waals surface area contributed by atoms with Gasteiger partial charge in [-0.05, 0) is 24.3 Å². The van der Waals surface area contributed by atoms with Crippen molar-refractivity contribution in [2.45, 2.75) is 0 Å². The fraction of sp³-hybridized carbons (Fsp3) is 0.0714. The molecular weight excluding hydrogens is 258 g/mol. The summed E-state index contributed by atoms with van der Waals surface area (Å²) < 4.78 is 10.1. The Hall–Kier alpha value is -3.07. The van der Waals surface area contributed by atoms with Gasteiger partial charge in [-0.1, -0.05) is 0 Å². The van der Waals surface area contributed by atoms with E-state index in [0.717, 1.165) is 0 Å². The molecule has 20 heavy (non-hydrogen) atoms. The molecule has 0 spiro atoms. The first-order valence-electron chi connectivity index (χ1n) is 5.66. The molecule has 1 aromatic heterocycles. The molecule has 2 aromatic rings. The molecular formula is C14H11N3O3. The molecule has 1 aromatic carbocycles. The van der Waals surface area contributed by atoms with E-state index in [-0.39, 0.29) is 17.1 Å². The summed E-state index contributed by atoms with van der Waals surface area (Å²) in [5.74, 6) is 0.149. The van der Waals surface area contributed by atoms with Gasteiger partial charge in [0.1, 0.15) is 5.75 Å². The Balaban J connectivity index is 2.25. The molecule has 0 aliphatic carbocycles. The Morgan fingerprint density at radius 3 is 2.65 bits per heavy atom. The van der Waals surface area contributed by atoms with Gasteiger partial charge in [-0.15, -0.1) is 0 Å². The molecule has 0 atom stereocenters. The van der Waals surface area contributed by atoms with Gasteiger partial charge >= 0.3 is 5.97 Å². The van der Waals surface area contributed by atoms with Crippen LogP contribution in [-0.2, 0) is 4.74 Å². The van der Waals surface area contributed by atoms with E-state index in [9.17, 15) is 4.79 Å². The summed E-state index contributed by atoms with van der Waals surface area (Å²) in [6.45, 7) is 0. The highest BCUT2D eigenvalue weighted by atomic mass is 16.5. The summed E-state index contributed by atoms with van der Waals surface area (Å²) in [6, 6.07) is 9.91. The number of carbonyl (C=O) groups is 1. The zero-order chi connectivity index (χ0) is 14.5. The van der Waals surface area contributed by atoms with Crippen LogP contribution in [0.15, 0.2) is 36.5 Å². The number of carbonyl (C=O) groups excluding carboxylic acids is 1. The summed E-state index contributed by atoms with van der Waals surface area (Å²) >= 11 is 0. The maximum atomic E-state index is 11.5. The van der Waals surface area contributed by atoms with Crippen molar-refractivity contribution in [2.75, 3.05) is 12.8 Å². The van der Waals surface area contributed by atoms with Crippen molar-refractivity contribution in [3.63, 3.8) is 0 Å². The van der Waals surface area contributed by atoms with Gasteiger partial charge in [0.25, 0.3) is 0 Å². The van der Waals surface area contributed by atoms with Crippen molar-refractivity contribution >= 4 is 11.7 Å². The molecule has 0 fully saturated rings. The van der Waals surface area contributed by atoms with E-state index >= 15 is 0 Å². The topological polar surface area (TPSA) is 98.2 Å². The van der Waals surface area contributed by atoms with E-state index in [1.807, 2.05) is 6.07 Å². The largest absolute Gasteiger partial charge is 0.465 e. The van der Waals surface area contributed by atoms with Gasteiger partial charge in [-0.25, -0.2) is 9.78 Å². The predicted molar refractivity (Wildman–Crippen MR) is 71.2 cm³/mol. The minimum atomic E-state index is -0.561. The molecule has 6 heteroatoms. The van der Waals surface area contributed by atoms with E-state index in [2.05, 4.69) is 9.72 Å². The monoisotopic (exact) mass is 269 g/mol. The average Bonchev–Trinajstić information content (AvgIpc) is 2.49. The molecule has 0 aliphatic heterocycles. The summed E-state index contributed by atoms with van der Waals surface area (Å²) in [6.07, 6.45) is 1.32. The lowest BCUT2D eigenvalue weighted by atomic mass is 10.2. The number of nitrogens with zero attached hydrogens (tertiary/aromatic N) is 2. The van der Waals surface area contributed by atoms with Crippen LogP contribution in [0.4, 0.5) is 5.69 Å². The van der Waals surface area contributed by atoms with Crippen LogP contribution in [0, 0.1) is 11.3 Å². The first-order chi connectivity index (χ1) is 9.63. The van der Waals surface area contributed by atoms with Crippen molar-refractivity contribution < 1.29 is 14.3 Å². The van der Waals surface area contributed by atoms with E-state index in [4.69, 9.17) is 15.7 Å². The van der Waals surface area contributed by atoms with Crippen LogP contribution in [-0.4, -0.2) is 18.1 Å². The molecule has 0 amide bonds. The second kappa shape index (κ2) is 5.71. The number of hydrogen-bond donors (Lipinski definition) is 1. The lowest BCUT2D eigenvalue weighted by molar-refractivity contribution is 0.0601. The normalized spacial score (nSPS) is 9.60. The average molecular weight is 269 g/mol. The number of rotatable bonds is 3. The van der Waals surface area contributed by atoms with Crippen molar-refractivity contribution in [1.82, 2.24) is 4.98 Å². The number of aromatic nitrogens is 1. The number of pyridine rings is 1. The Labute approximate surface area is 115 Å². The first-order valence-corrected chi connectivity index (χ1v) is 5.66. The van der Waals surface area contributed by atoms with Crippen LogP contribution in [0.2, 0.25) is 0 Å². The van der Waals surface area contributed by atoms with Gasteiger partial charge in [0.05, 0.1) is 36.2 Å². The molecule has 0 unspecified atom stereocenters. The number of nitriles is 1. The van der Waals surface area contributed by atoms with Crippen LogP contribution in [0.3, 0.4) is 0 Å². The van der Waals surface area contributed by atoms with Crippen molar-refractivity contribution in [2.24, 2.45) is 0 Å². The van der Waals surface area contributed by atoms with Crippen molar-refractivity contribution in [3.8, 4) is 17.7 Å². The third-order valence-electron chi connectivity index (χ3n) is 2.52. The van der Waals surface area contributed by atoms with Gasteiger partial charge in [-0.3, -0.25) is 0 Å². The SMILES string of the molecule is COC(=O)c1cc(Oc2ccc(C#N)cc2)ncc1N. The van der Waals surface area contributed by atoms with E-state index < -0.39 is 5.97 Å². The zero-order valence-electron chi connectivity index (χ0n) is 10.7. The number of benzene rings is 1. The lowest BCUT2D eigenvalue weighted by Gasteiger charge is -2.07. The summed E-state index contributed by atoms with van der Waals surface area (Å²) in [7, 11) is 1.27. The fourth-order valence-corrected chi connectivity index (χ4v) is 1.51. The molecule has 0 saturated carbocycles.